The topological polar surface area (TPSA) is 4.93 Å². The number of para-hydroxylation sites is 1. The molecule has 0 N–H and O–H groups in total. The molecule has 1 nitrogen and oxygen atoms in total. The average Bonchev–Trinajstić information content (AvgIpc) is 3.87. The lowest BCUT2D eigenvalue weighted by Crippen LogP contribution is -2.43. The van der Waals surface area contributed by atoms with Crippen molar-refractivity contribution in [2.45, 2.75) is 10.8 Å². The minimum absolute atomic E-state index is 0.451. The van der Waals surface area contributed by atoms with Crippen LogP contribution >= 0.6 is 0 Å². The largest absolute Gasteiger partial charge is 0.309 e. The third-order valence-electron chi connectivity index (χ3n) is 13.3. The molecular formula is C54H33N. The van der Waals surface area contributed by atoms with Crippen molar-refractivity contribution in [1.29, 1.82) is 0 Å². The lowest BCUT2D eigenvalue weighted by molar-refractivity contribution is 0.633. The van der Waals surface area contributed by atoms with E-state index in [9.17, 15) is 0 Å². The standard InChI is InChI=1S/C54H33N/c1-2-17-35(18-3-1)55-48-32-30-34-16-4-5-19-36(34)51(48)52-49(55)33-31-47-50(52)39-22-8-11-25-42(39)54(47)45-28-14-12-26-43(45)53(44-27-13-15-29-46(44)54)40-23-9-6-20-37(40)38-21-7-10-24-41(38)53/h1-33H. The predicted octanol–water partition coefficient (Wildman–Crippen LogP) is 13.0. The Kier molecular flexibility index (Phi) is 5.56. The summed E-state index contributed by atoms with van der Waals surface area (Å²) in [6, 6.07) is 75.6. The van der Waals surface area contributed by atoms with Gasteiger partial charge in [0.1, 0.15) is 0 Å². The van der Waals surface area contributed by atoms with Crippen molar-refractivity contribution >= 4 is 32.6 Å². The van der Waals surface area contributed by atoms with Crippen molar-refractivity contribution in [3.05, 3.63) is 245 Å². The summed E-state index contributed by atoms with van der Waals surface area (Å²) in [5.41, 5.74) is 18.9. The molecular weight excluding hydrogens is 663 g/mol. The molecule has 9 aromatic carbocycles. The zero-order chi connectivity index (χ0) is 35.9. The van der Waals surface area contributed by atoms with Crippen molar-refractivity contribution < 1.29 is 0 Å². The second-order valence-corrected chi connectivity index (χ2v) is 15.5. The Bertz CT molecular complexity index is 3170. The summed E-state index contributed by atoms with van der Waals surface area (Å²) in [6.45, 7) is 0. The molecule has 0 unspecified atom stereocenters. The van der Waals surface area contributed by atoms with Crippen molar-refractivity contribution in [1.82, 2.24) is 4.57 Å². The molecule has 3 aliphatic rings. The highest BCUT2D eigenvalue weighted by atomic mass is 15.0. The molecule has 0 radical (unpaired) electrons. The number of nitrogens with zero attached hydrogens (tertiary/aromatic N) is 1. The van der Waals surface area contributed by atoms with E-state index in [1.54, 1.807) is 0 Å². The summed E-state index contributed by atoms with van der Waals surface area (Å²) in [5, 5.41) is 5.18. The molecule has 0 saturated heterocycles. The Morgan fingerprint density at radius 1 is 0.291 bits per heavy atom. The summed E-state index contributed by atoms with van der Waals surface area (Å²) >= 11 is 0. The van der Waals surface area contributed by atoms with Gasteiger partial charge >= 0.3 is 0 Å². The van der Waals surface area contributed by atoms with Crippen LogP contribution in [0.2, 0.25) is 0 Å². The molecule has 0 fully saturated rings. The monoisotopic (exact) mass is 695 g/mol. The van der Waals surface area contributed by atoms with Crippen molar-refractivity contribution in [2.24, 2.45) is 0 Å². The Hall–Kier alpha value is -6.96. The van der Waals surface area contributed by atoms with Gasteiger partial charge in [0.05, 0.1) is 21.9 Å². The molecule has 55 heavy (non-hydrogen) atoms. The van der Waals surface area contributed by atoms with E-state index >= 15 is 0 Å². The molecule has 0 saturated carbocycles. The summed E-state index contributed by atoms with van der Waals surface area (Å²) < 4.78 is 2.48. The predicted molar refractivity (Wildman–Crippen MR) is 226 cm³/mol. The maximum Gasteiger partial charge on any atom is 0.0720 e. The van der Waals surface area contributed by atoms with Crippen LogP contribution in [-0.2, 0) is 10.8 Å². The maximum atomic E-state index is 2.48. The molecule has 0 aliphatic heterocycles. The van der Waals surface area contributed by atoms with Gasteiger partial charge in [-0.05, 0) is 102 Å². The number of rotatable bonds is 1. The molecule has 3 aliphatic carbocycles. The Balaban J connectivity index is 1.24. The van der Waals surface area contributed by atoms with Crippen LogP contribution in [0.15, 0.2) is 200 Å². The second-order valence-electron chi connectivity index (χ2n) is 15.5. The van der Waals surface area contributed by atoms with Gasteiger partial charge < -0.3 is 4.57 Å². The first-order chi connectivity index (χ1) is 27.3. The minimum Gasteiger partial charge on any atom is -0.309 e. The van der Waals surface area contributed by atoms with Crippen LogP contribution in [0.4, 0.5) is 0 Å². The molecule has 254 valence electrons. The number of hydrogen-bond donors (Lipinski definition) is 0. The van der Waals surface area contributed by atoms with Gasteiger partial charge in [0.2, 0.25) is 0 Å². The highest BCUT2D eigenvalue weighted by Gasteiger charge is 2.59. The third kappa shape index (κ3) is 3.34. The second kappa shape index (κ2) is 10.4. The summed E-state index contributed by atoms with van der Waals surface area (Å²) in [4.78, 5) is 0. The van der Waals surface area contributed by atoms with Gasteiger partial charge in [-0.3, -0.25) is 0 Å². The highest BCUT2D eigenvalue weighted by Crippen LogP contribution is 2.68. The first-order valence-electron chi connectivity index (χ1n) is 19.4. The van der Waals surface area contributed by atoms with E-state index in [4.69, 9.17) is 0 Å². The lowest BCUT2D eigenvalue weighted by Gasteiger charge is -2.48. The molecule has 13 rings (SSSR count). The van der Waals surface area contributed by atoms with Gasteiger partial charge in [-0.25, -0.2) is 0 Å². The van der Waals surface area contributed by atoms with Crippen LogP contribution in [0.25, 0.3) is 60.5 Å². The van der Waals surface area contributed by atoms with Gasteiger partial charge in [0, 0.05) is 16.5 Å². The van der Waals surface area contributed by atoms with Crippen LogP contribution in [0, 0.1) is 0 Å². The molecule has 1 heteroatoms. The Morgan fingerprint density at radius 2 is 0.727 bits per heavy atom. The van der Waals surface area contributed by atoms with Crippen LogP contribution in [-0.4, -0.2) is 4.57 Å². The fourth-order valence-electron chi connectivity index (χ4n) is 11.5. The van der Waals surface area contributed by atoms with E-state index in [1.165, 1.54) is 105 Å². The molecule has 2 spiro atoms. The third-order valence-corrected chi connectivity index (χ3v) is 13.3. The summed E-state index contributed by atoms with van der Waals surface area (Å²) in [5.74, 6) is 0. The normalized spacial score (nSPS) is 14.8. The Labute approximate surface area is 319 Å². The zero-order valence-electron chi connectivity index (χ0n) is 30.0. The van der Waals surface area contributed by atoms with E-state index < -0.39 is 10.8 Å². The number of benzene rings is 9. The highest BCUT2D eigenvalue weighted by molar-refractivity contribution is 6.26. The lowest BCUT2D eigenvalue weighted by atomic mass is 9.52. The molecule has 1 aromatic heterocycles. The van der Waals surface area contributed by atoms with E-state index in [0.29, 0.717) is 0 Å². The minimum atomic E-state index is -0.531. The first kappa shape index (κ1) is 29.5. The average molecular weight is 696 g/mol. The van der Waals surface area contributed by atoms with Crippen LogP contribution in [0.3, 0.4) is 0 Å². The van der Waals surface area contributed by atoms with Crippen LogP contribution in [0.5, 0.6) is 0 Å². The quantitative estimate of drug-likeness (QED) is 0.161. The number of aromatic nitrogens is 1. The summed E-state index contributed by atoms with van der Waals surface area (Å²) in [7, 11) is 0. The summed E-state index contributed by atoms with van der Waals surface area (Å²) in [6.07, 6.45) is 0. The van der Waals surface area contributed by atoms with Gasteiger partial charge in [0.15, 0.2) is 0 Å². The molecule has 0 amide bonds. The van der Waals surface area contributed by atoms with Crippen molar-refractivity contribution in [2.75, 3.05) is 0 Å². The Morgan fingerprint density at radius 3 is 1.35 bits per heavy atom. The van der Waals surface area contributed by atoms with Crippen LogP contribution in [0.1, 0.15) is 44.5 Å². The van der Waals surface area contributed by atoms with Crippen LogP contribution < -0.4 is 0 Å². The van der Waals surface area contributed by atoms with Gasteiger partial charge in [-0.1, -0.05) is 176 Å². The fraction of sp³-hybridized carbons (Fsp3) is 0.0370. The van der Waals surface area contributed by atoms with Gasteiger partial charge in [0.25, 0.3) is 0 Å². The van der Waals surface area contributed by atoms with E-state index in [0.717, 1.165) is 0 Å². The van der Waals surface area contributed by atoms with E-state index in [-0.39, 0.29) is 0 Å². The number of fused-ring (bicyclic) bond motifs is 22. The zero-order valence-corrected chi connectivity index (χ0v) is 30.0. The van der Waals surface area contributed by atoms with E-state index in [2.05, 4.69) is 205 Å². The van der Waals surface area contributed by atoms with Gasteiger partial charge in [-0.2, -0.15) is 0 Å². The number of hydrogen-bond acceptors (Lipinski definition) is 0. The van der Waals surface area contributed by atoms with Crippen molar-refractivity contribution in [3.63, 3.8) is 0 Å². The SMILES string of the molecule is c1ccc(-n2c3ccc4c(c3c3c5ccccc5ccc32)-c2ccccc2C42c3ccccc3C3(c4ccccc4-c4ccccc43)c3ccccc32)cc1. The first-order valence-corrected chi connectivity index (χ1v) is 19.4. The molecule has 0 bridgehead atoms. The van der Waals surface area contributed by atoms with E-state index in [1.807, 2.05) is 0 Å². The molecule has 10 aromatic rings. The molecule has 0 atom stereocenters. The smallest absolute Gasteiger partial charge is 0.0720 e. The fourth-order valence-corrected chi connectivity index (χ4v) is 11.5. The molecule has 1 heterocycles. The maximum absolute atomic E-state index is 2.48. The van der Waals surface area contributed by atoms with Crippen molar-refractivity contribution in [3.8, 4) is 27.9 Å². The van der Waals surface area contributed by atoms with Gasteiger partial charge in [-0.15, -0.1) is 0 Å².